The first-order valence-corrected chi connectivity index (χ1v) is 8.11. The zero-order valence-electron chi connectivity index (χ0n) is 13.2. The summed E-state index contributed by atoms with van der Waals surface area (Å²) < 4.78 is 11.1. The quantitative estimate of drug-likeness (QED) is 0.871. The van der Waals surface area contributed by atoms with Crippen LogP contribution in [0.5, 0.6) is 0 Å². The van der Waals surface area contributed by atoms with Crippen LogP contribution < -0.4 is 0 Å². The van der Waals surface area contributed by atoms with E-state index >= 15 is 0 Å². The lowest BCUT2D eigenvalue weighted by Gasteiger charge is -2.28. The lowest BCUT2D eigenvalue weighted by atomic mass is 9.99. The molecule has 5 heteroatoms. The number of carbonyl (C=O) groups is 1. The number of nitrogens with zero attached hydrogens (tertiary/aromatic N) is 2. The van der Waals surface area contributed by atoms with Gasteiger partial charge in [-0.05, 0) is 24.0 Å². The number of likely N-dealkylation sites (N-methyl/N-ethyl adjacent to an activating group) is 1. The Morgan fingerprint density at radius 2 is 2.09 bits per heavy atom. The van der Waals surface area contributed by atoms with Gasteiger partial charge in [-0.3, -0.25) is 4.79 Å². The molecule has 2 aliphatic rings. The fourth-order valence-electron chi connectivity index (χ4n) is 3.06. The Bertz CT molecular complexity index is 721. The van der Waals surface area contributed by atoms with Crippen LogP contribution in [0.15, 0.2) is 34.9 Å². The third kappa shape index (κ3) is 3.01. The normalized spacial score (nSPS) is 20.1. The number of hydrogen-bond donors (Lipinski definition) is 0. The molecule has 1 fully saturated rings. The first kappa shape index (κ1) is 14.5. The Morgan fingerprint density at radius 1 is 1.30 bits per heavy atom. The summed E-state index contributed by atoms with van der Waals surface area (Å²) in [7, 11) is 1.79. The molecule has 0 spiro atoms. The predicted molar refractivity (Wildman–Crippen MR) is 84.2 cm³/mol. The molecule has 1 aromatic carbocycles. The Labute approximate surface area is 135 Å². The fraction of sp³-hybridized carbons (Fsp3) is 0.444. The second-order valence-corrected chi connectivity index (χ2v) is 6.48. The van der Waals surface area contributed by atoms with E-state index < -0.39 is 0 Å². The number of benzene rings is 1. The number of hydrogen-bond acceptors (Lipinski definition) is 4. The Hall–Kier alpha value is -2.14. The van der Waals surface area contributed by atoms with Gasteiger partial charge in [-0.25, -0.2) is 0 Å². The minimum atomic E-state index is -0.108. The van der Waals surface area contributed by atoms with Crippen LogP contribution in [0, 0.1) is 0 Å². The predicted octanol–water partition coefficient (Wildman–Crippen LogP) is 2.77. The fourth-order valence-corrected chi connectivity index (χ4v) is 3.06. The highest BCUT2D eigenvalue weighted by Crippen LogP contribution is 2.40. The van der Waals surface area contributed by atoms with Crippen molar-refractivity contribution < 1.29 is 14.1 Å². The summed E-state index contributed by atoms with van der Waals surface area (Å²) in [6.45, 7) is 1.16. The molecule has 0 radical (unpaired) electrons. The molecule has 1 aliphatic carbocycles. The van der Waals surface area contributed by atoms with Crippen molar-refractivity contribution in [1.82, 2.24) is 10.1 Å². The van der Waals surface area contributed by atoms with Gasteiger partial charge in [-0.1, -0.05) is 29.4 Å². The van der Waals surface area contributed by atoms with Crippen molar-refractivity contribution in [1.29, 1.82) is 0 Å². The monoisotopic (exact) mass is 312 g/mol. The Morgan fingerprint density at radius 3 is 2.87 bits per heavy atom. The van der Waals surface area contributed by atoms with Crippen molar-refractivity contribution in [2.75, 3.05) is 13.6 Å². The van der Waals surface area contributed by atoms with E-state index in [0.29, 0.717) is 24.8 Å². The summed E-state index contributed by atoms with van der Waals surface area (Å²) in [4.78, 5) is 14.1. The van der Waals surface area contributed by atoms with Gasteiger partial charge in [0, 0.05) is 32.0 Å². The van der Waals surface area contributed by atoms with E-state index in [-0.39, 0.29) is 12.0 Å². The summed E-state index contributed by atoms with van der Waals surface area (Å²) >= 11 is 0. The summed E-state index contributed by atoms with van der Waals surface area (Å²) in [5.41, 5.74) is 2.94. The first-order chi connectivity index (χ1) is 11.2. The van der Waals surface area contributed by atoms with E-state index in [2.05, 4.69) is 17.3 Å². The maximum absolute atomic E-state index is 12.5. The lowest BCUT2D eigenvalue weighted by molar-refractivity contribution is 0.00964. The van der Waals surface area contributed by atoms with Crippen LogP contribution in [0.25, 0.3) is 0 Å². The van der Waals surface area contributed by atoms with Gasteiger partial charge in [-0.15, -0.1) is 0 Å². The van der Waals surface area contributed by atoms with Crippen LogP contribution in [0.3, 0.4) is 0 Å². The summed E-state index contributed by atoms with van der Waals surface area (Å²) in [6, 6.07) is 10.1. The average Bonchev–Trinajstić information content (AvgIpc) is 3.31. The van der Waals surface area contributed by atoms with Gasteiger partial charge in [0.2, 0.25) is 0 Å². The topological polar surface area (TPSA) is 55.6 Å². The van der Waals surface area contributed by atoms with E-state index in [1.165, 1.54) is 11.1 Å². The van der Waals surface area contributed by atoms with Gasteiger partial charge in [0.1, 0.15) is 5.76 Å². The molecule has 5 nitrogen and oxygen atoms in total. The Kier molecular flexibility index (Phi) is 3.65. The molecule has 0 N–H and O–H groups in total. The zero-order chi connectivity index (χ0) is 15.8. The summed E-state index contributed by atoms with van der Waals surface area (Å²) in [5, 5.41) is 3.92. The third-order valence-corrected chi connectivity index (χ3v) is 4.59. The SMILES string of the molecule is CN(C[C@H]1Cc2ccccc2CO1)C(=O)c1cc(C2CC2)on1. The lowest BCUT2D eigenvalue weighted by Crippen LogP contribution is -2.38. The average molecular weight is 312 g/mol. The highest BCUT2D eigenvalue weighted by molar-refractivity contribution is 5.92. The Balaban J connectivity index is 1.39. The minimum Gasteiger partial charge on any atom is -0.371 e. The largest absolute Gasteiger partial charge is 0.371 e. The number of fused-ring (bicyclic) bond motifs is 1. The molecule has 2 heterocycles. The molecule has 120 valence electrons. The zero-order valence-corrected chi connectivity index (χ0v) is 13.2. The van der Waals surface area contributed by atoms with Gasteiger partial charge in [-0.2, -0.15) is 0 Å². The number of carbonyl (C=O) groups excluding carboxylic acids is 1. The van der Waals surface area contributed by atoms with E-state index in [4.69, 9.17) is 9.26 Å². The summed E-state index contributed by atoms with van der Waals surface area (Å²) in [5.74, 6) is 1.19. The standard InChI is InChI=1S/C18H20N2O3/c1-20(18(21)16-9-17(23-19-16)12-6-7-12)10-15-8-13-4-2-3-5-14(13)11-22-15/h2-5,9,12,15H,6-8,10-11H2,1H3/t15-/m1/s1. The number of ether oxygens (including phenoxy) is 1. The van der Waals surface area contributed by atoms with Crippen LogP contribution in [-0.2, 0) is 17.8 Å². The van der Waals surface area contributed by atoms with Crippen molar-refractivity contribution in [3.63, 3.8) is 0 Å². The molecule has 4 rings (SSSR count). The second kappa shape index (κ2) is 5.81. The highest BCUT2D eigenvalue weighted by atomic mass is 16.5. The highest BCUT2D eigenvalue weighted by Gasteiger charge is 2.30. The molecular weight excluding hydrogens is 292 g/mol. The maximum Gasteiger partial charge on any atom is 0.275 e. The molecule has 0 unspecified atom stereocenters. The van der Waals surface area contributed by atoms with Crippen molar-refractivity contribution >= 4 is 5.91 Å². The van der Waals surface area contributed by atoms with Crippen LogP contribution in [-0.4, -0.2) is 35.7 Å². The second-order valence-electron chi connectivity index (χ2n) is 6.48. The molecular formula is C18H20N2O3. The van der Waals surface area contributed by atoms with Gasteiger partial charge >= 0.3 is 0 Å². The molecule has 23 heavy (non-hydrogen) atoms. The molecule has 0 bridgehead atoms. The smallest absolute Gasteiger partial charge is 0.275 e. The molecule has 0 saturated heterocycles. The van der Waals surface area contributed by atoms with E-state index in [9.17, 15) is 4.79 Å². The van der Waals surface area contributed by atoms with Crippen LogP contribution in [0.2, 0.25) is 0 Å². The molecule has 1 saturated carbocycles. The van der Waals surface area contributed by atoms with Crippen molar-refractivity contribution in [3.8, 4) is 0 Å². The van der Waals surface area contributed by atoms with Crippen molar-refractivity contribution in [2.45, 2.75) is 37.9 Å². The molecule has 1 aromatic heterocycles. The summed E-state index contributed by atoms with van der Waals surface area (Å²) in [6.07, 6.45) is 3.12. The third-order valence-electron chi connectivity index (χ3n) is 4.59. The van der Waals surface area contributed by atoms with Crippen molar-refractivity contribution in [2.24, 2.45) is 0 Å². The molecule has 1 aliphatic heterocycles. The first-order valence-electron chi connectivity index (χ1n) is 8.11. The number of amides is 1. The molecule has 1 amide bonds. The van der Waals surface area contributed by atoms with Crippen LogP contribution in [0.1, 0.15) is 46.1 Å². The molecule has 1 atom stereocenters. The maximum atomic E-state index is 12.5. The number of aromatic nitrogens is 1. The van der Waals surface area contributed by atoms with Crippen molar-refractivity contribution in [3.05, 3.63) is 52.9 Å². The van der Waals surface area contributed by atoms with Gasteiger partial charge in [0.05, 0.1) is 12.7 Å². The van der Waals surface area contributed by atoms with Crippen LogP contribution in [0.4, 0.5) is 0 Å². The number of rotatable bonds is 4. The van der Waals surface area contributed by atoms with Gasteiger partial charge in [0.25, 0.3) is 5.91 Å². The van der Waals surface area contributed by atoms with Gasteiger partial charge in [0.15, 0.2) is 5.69 Å². The van der Waals surface area contributed by atoms with E-state index in [0.717, 1.165) is 25.0 Å². The van der Waals surface area contributed by atoms with Crippen LogP contribution >= 0.6 is 0 Å². The van der Waals surface area contributed by atoms with Gasteiger partial charge < -0.3 is 14.2 Å². The van der Waals surface area contributed by atoms with E-state index in [1.54, 1.807) is 18.0 Å². The van der Waals surface area contributed by atoms with E-state index in [1.807, 2.05) is 12.1 Å². The molecule has 2 aromatic rings. The minimum absolute atomic E-state index is 0.0219.